The smallest absolute Gasteiger partial charge is 0.143 e. The Morgan fingerprint density at radius 2 is 0.902 bits per heavy atom. The molecule has 0 amide bonds. The van der Waals surface area contributed by atoms with Gasteiger partial charge >= 0.3 is 0 Å². The van der Waals surface area contributed by atoms with Crippen molar-refractivity contribution in [1.82, 2.24) is 4.57 Å². The fourth-order valence-electron chi connectivity index (χ4n) is 7.51. The minimum Gasteiger partial charge on any atom is -0.456 e. The summed E-state index contributed by atoms with van der Waals surface area (Å²) in [6, 6.07) is 65.8. The molecular formula is C48H31NO2. The topological polar surface area (TPSA) is 23.4 Å². The normalized spacial score (nSPS) is 11.8. The number of fused-ring (bicyclic) bond motifs is 9. The van der Waals surface area contributed by atoms with Crippen molar-refractivity contribution in [2.24, 2.45) is 0 Å². The van der Waals surface area contributed by atoms with Gasteiger partial charge < -0.3 is 14.0 Å². The van der Waals surface area contributed by atoms with E-state index in [1.807, 2.05) is 30.3 Å². The fraction of sp³-hybridized carbons (Fsp3) is 0. The van der Waals surface area contributed by atoms with E-state index in [9.17, 15) is 0 Å². The maximum absolute atomic E-state index is 7.22. The largest absolute Gasteiger partial charge is 0.456 e. The van der Waals surface area contributed by atoms with Crippen LogP contribution in [0, 0.1) is 0 Å². The fourth-order valence-corrected chi connectivity index (χ4v) is 7.51. The summed E-state index contributed by atoms with van der Waals surface area (Å²) in [5.74, 6) is 3.10. The number of para-hydroxylation sites is 5. The van der Waals surface area contributed by atoms with E-state index in [2.05, 4.69) is 162 Å². The number of nitrogens with zero attached hydrogens (tertiary/aromatic N) is 1. The maximum atomic E-state index is 7.22. The summed E-state index contributed by atoms with van der Waals surface area (Å²) < 4.78 is 16.4. The number of aromatic nitrogens is 1. The molecule has 0 saturated carbocycles. The van der Waals surface area contributed by atoms with Crippen LogP contribution in [0.15, 0.2) is 188 Å². The lowest BCUT2D eigenvalue weighted by molar-refractivity contribution is 0.473. The molecule has 240 valence electrons. The lowest BCUT2D eigenvalue weighted by Crippen LogP contribution is -1.99. The van der Waals surface area contributed by atoms with Crippen LogP contribution in [0.1, 0.15) is 0 Å². The summed E-state index contributed by atoms with van der Waals surface area (Å²) in [7, 11) is 0. The van der Waals surface area contributed by atoms with Gasteiger partial charge in [0.25, 0.3) is 0 Å². The molecule has 0 atom stereocenters. The molecule has 0 bridgehead atoms. The van der Waals surface area contributed by atoms with Gasteiger partial charge in [-0.15, -0.1) is 0 Å². The van der Waals surface area contributed by atoms with Gasteiger partial charge in [-0.05, 0) is 71.3 Å². The highest BCUT2D eigenvalue weighted by molar-refractivity contribution is 6.10. The molecule has 2 heterocycles. The van der Waals surface area contributed by atoms with Gasteiger partial charge in [-0.3, -0.25) is 0 Å². The van der Waals surface area contributed by atoms with Crippen LogP contribution in [-0.2, 0) is 0 Å². The molecule has 0 unspecified atom stereocenters. The summed E-state index contributed by atoms with van der Waals surface area (Å²) >= 11 is 0. The Bertz CT molecular complexity index is 2740. The van der Waals surface area contributed by atoms with Gasteiger partial charge in [0, 0.05) is 44.3 Å². The zero-order valence-electron chi connectivity index (χ0n) is 27.7. The third kappa shape index (κ3) is 4.90. The molecular weight excluding hydrogens is 623 g/mol. The van der Waals surface area contributed by atoms with Crippen molar-refractivity contribution in [2.45, 2.75) is 0 Å². The minimum absolute atomic E-state index is 0.764. The first-order chi connectivity index (χ1) is 25.3. The molecule has 0 spiro atoms. The summed E-state index contributed by atoms with van der Waals surface area (Å²) in [6.07, 6.45) is 0. The highest BCUT2D eigenvalue weighted by Crippen LogP contribution is 2.50. The number of rotatable bonds is 3. The summed E-state index contributed by atoms with van der Waals surface area (Å²) in [6.45, 7) is 0. The van der Waals surface area contributed by atoms with Crippen molar-refractivity contribution in [2.75, 3.05) is 0 Å². The van der Waals surface area contributed by atoms with Gasteiger partial charge in [0.2, 0.25) is 0 Å². The molecule has 10 rings (SSSR count). The van der Waals surface area contributed by atoms with E-state index in [-0.39, 0.29) is 0 Å². The van der Waals surface area contributed by atoms with Crippen molar-refractivity contribution in [3.05, 3.63) is 188 Å². The van der Waals surface area contributed by atoms with Crippen molar-refractivity contribution in [3.63, 3.8) is 0 Å². The first kappa shape index (κ1) is 29.1. The lowest BCUT2D eigenvalue weighted by Gasteiger charge is -2.23. The van der Waals surface area contributed by atoms with Gasteiger partial charge in [0.05, 0.1) is 11.0 Å². The van der Waals surface area contributed by atoms with Gasteiger partial charge in [0.1, 0.15) is 23.0 Å². The quantitative estimate of drug-likeness (QED) is 0.189. The molecule has 0 saturated heterocycles. The molecule has 3 heteroatoms. The average molecular weight is 654 g/mol. The van der Waals surface area contributed by atoms with E-state index in [1.54, 1.807) is 0 Å². The van der Waals surface area contributed by atoms with Crippen LogP contribution in [0.3, 0.4) is 0 Å². The monoisotopic (exact) mass is 653 g/mol. The number of hydrogen-bond acceptors (Lipinski definition) is 2. The summed E-state index contributed by atoms with van der Waals surface area (Å²) in [4.78, 5) is 0. The predicted octanol–water partition coefficient (Wildman–Crippen LogP) is 13.3. The van der Waals surface area contributed by atoms with Crippen LogP contribution >= 0.6 is 0 Å². The first-order valence-corrected chi connectivity index (χ1v) is 17.3. The van der Waals surface area contributed by atoms with E-state index in [0.29, 0.717) is 0 Å². The minimum atomic E-state index is 0.764. The predicted molar refractivity (Wildman–Crippen MR) is 209 cm³/mol. The molecule has 1 aliphatic heterocycles. The van der Waals surface area contributed by atoms with Crippen LogP contribution in [-0.4, -0.2) is 4.57 Å². The van der Waals surface area contributed by atoms with E-state index in [0.717, 1.165) is 78.7 Å². The molecule has 0 radical (unpaired) electrons. The molecule has 1 aromatic heterocycles. The molecule has 0 aliphatic carbocycles. The van der Waals surface area contributed by atoms with Crippen LogP contribution in [0.25, 0.3) is 72.0 Å². The first-order valence-electron chi connectivity index (χ1n) is 17.3. The number of benzene rings is 8. The van der Waals surface area contributed by atoms with Gasteiger partial charge in [-0.1, -0.05) is 133 Å². The van der Waals surface area contributed by atoms with Crippen LogP contribution < -0.4 is 9.47 Å². The Kier molecular flexibility index (Phi) is 6.81. The van der Waals surface area contributed by atoms with Crippen LogP contribution in [0.5, 0.6) is 23.0 Å². The SMILES string of the molecule is c1ccc(-c2ccc3c(c2)-c2ccccc2Oc2ccccc2-c2cccc(-c4ccc5c(c4)c4ccccc4n5-c4ccccc4)c2O3)cc1. The van der Waals surface area contributed by atoms with E-state index in [4.69, 9.17) is 9.47 Å². The molecule has 1 aliphatic rings. The Labute approximate surface area is 296 Å². The zero-order chi connectivity index (χ0) is 33.7. The standard InChI is InChI=1S/C48H31NO2/c1-3-14-32(15-4-1)33-27-29-47-42(30-33)39-20-9-12-25-46(39)50-45-24-11-8-19-38(45)40-22-13-21-36(48(40)51-47)34-26-28-44-41(31-34)37-18-7-10-23-43(37)49(44)35-16-5-2-6-17-35/h1-31H. The Morgan fingerprint density at radius 1 is 0.314 bits per heavy atom. The van der Waals surface area contributed by atoms with Gasteiger partial charge in [0.15, 0.2) is 0 Å². The number of ether oxygens (including phenoxy) is 2. The Morgan fingerprint density at radius 3 is 1.71 bits per heavy atom. The summed E-state index contributed by atoms with van der Waals surface area (Å²) in [5.41, 5.74) is 11.7. The van der Waals surface area contributed by atoms with Crippen LogP contribution in [0.4, 0.5) is 0 Å². The number of hydrogen-bond donors (Lipinski definition) is 0. The lowest BCUT2D eigenvalue weighted by atomic mass is 9.94. The van der Waals surface area contributed by atoms with E-state index < -0.39 is 0 Å². The van der Waals surface area contributed by atoms with Crippen molar-refractivity contribution in [3.8, 4) is 73.2 Å². The van der Waals surface area contributed by atoms with Gasteiger partial charge in [-0.2, -0.15) is 0 Å². The van der Waals surface area contributed by atoms with E-state index >= 15 is 0 Å². The second-order valence-electron chi connectivity index (χ2n) is 12.9. The van der Waals surface area contributed by atoms with Crippen LogP contribution in [0.2, 0.25) is 0 Å². The van der Waals surface area contributed by atoms with Gasteiger partial charge in [-0.25, -0.2) is 0 Å². The average Bonchev–Trinajstić information content (AvgIpc) is 3.53. The second-order valence-corrected chi connectivity index (χ2v) is 12.9. The van der Waals surface area contributed by atoms with E-state index in [1.165, 1.54) is 16.3 Å². The van der Waals surface area contributed by atoms with Crippen molar-refractivity contribution < 1.29 is 9.47 Å². The molecule has 0 N–H and O–H groups in total. The zero-order valence-corrected chi connectivity index (χ0v) is 27.7. The molecule has 3 nitrogen and oxygen atoms in total. The highest BCUT2D eigenvalue weighted by atomic mass is 16.5. The van der Waals surface area contributed by atoms with Crippen molar-refractivity contribution in [1.29, 1.82) is 0 Å². The molecule has 0 fully saturated rings. The third-order valence-electron chi connectivity index (χ3n) is 9.89. The second kappa shape index (κ2) is 11.9. The third-order valence-corrected chi connectivity index (χ3v) is 9.89. The highest BCUT2D eigenvalue weighted by Gasteiger charge is 2.24. The molecule has 9 aromatic rings. The van der Waals surface area contributed by atoms with Crippen molar-refractivity contribution >= 4 is 21.8 Å². The molecule has 51 heavy (non-hydrogen) atoms. The Balaban J connectivity index is 1.22. The Hall–Kier alpha value is -6.84. The maximum Gasteiger partial charge on any atom is 0.143 e. The molecule has 8 aromatic carbocycles. The summed E-state index contributed by atoms with van der Waals surface area (Å²) in [5, 5.41) is 2.40.